The molecule has 2 aliphatic carbocycles. The number of rotatable bonds is 4. The number of benzene rings is 2. The van der Waals surface area contributed by atoms with Gasteiger partial charge in [-0.3, -0.25) is 0 Å². The van der Waals surface area contributed by atoms with Crippen molar-refractivity contribution in [3.8, 4) is 5.75 Å². The number of methoxy groups -OCH3 is 1. The van der Waals surface area contributed by atoms with Crippen LogP contribution in [0.3, 0.4) is 0 Å². The van der Waals surface area contributed by atoms with E-state index in [0.717, 1.165) is 37.1 Å². The van der Waals surface area contributed by atoms with Crippen LogP contribution in [0.4, 0.5) is 4.79 Å². The van der Waals surface area contributed by atoms with Gasteiger partial charge in [-0.25, -0.2) is 4.79 Å². The van der Waals surface area contributed by atoms with E-state index in [9.17, 15) is 4.79 Å². The van der Waals surface area contributed by atoms with Crippen LogP contribution in [0, 0.1) is 5.92 Å². The Kier molecular flexibility index (Phi) is 5.41. The van der Waals surface area contributed by atoms with Gasteiger partial charge in [0.1, 0.15) is 12.4 Å². The van der Waals surface area contributed by atoms with Crippen molar-refractivity contribution in [1.29, 1.82) is 0 Å². The van der Waals surface area contributed by atoms with Gasteiger partial charge < -0.3 is 14.4 Å². The number of hydrogen-bond acceptors (Lipinski definition) is 3. The quantitative estimate of drug-likeness (QED) is 0.642. The summed E-state index contributed by atoms with van der Waals surface area (Å²) in [4.78, 5) is 15.2. The number of piperidine rings is 1. The van der Waals surface area contributed by atoms with Crippen LogP contribution in [0.1, 0.15) is 61.3 Å². The second-order valence-electron chi connectivity index (χ2n) is 9.44. The summed E-state index contributed by atoms with van der Waals surface area (Å²) < 4.78 is 11.5. The average Bonchev–Trinajstić information content (AvgIpc) is 2.82. The van der Waals surface area contributed by atoms with Crippen LogP contribution in [0.2, 0.25) is 0 Å². The van der Waals surface area contributed by atoms with Crippen LogP contribution in [-0.4, -0.2) is 30.7 Å². The van der Waals surface area contributed by atoms with Crippen molar-refractivity contribution in [2.75, 3.05) is 13.7 Å². The van der Waals surface area contributed by atoms with Gasteiger partial charge in [0.05, 0.1) is 7.11 Å². The fraction of sp³-hybridized carbons (Fsp3) is 0.519. The van der Waals surface area contributed by atoms with Crippen molar-refractivity contribution in [2.24, 2.45) is 5.92 Å². The number of ether oxygens (including phenoxy) is 2. The Hall–Kier alpha value is -2.49. The predicted molar refractivity (Wildman–Crippen MR) is 121 cm³/mol. The summed E-state index contributed by atoms with van der Waals surface area (Å²) in [6.45, 7) is 3.31. The van der Waals surface area contributed by atoms with E-state index in [4.69, 9.17) is 9.47 Å². The molecule has 164 valence electrons. The second-order valence-corrected chi connectivity index (χ2v) is 9.44. The van der Waals surface area contributed by atoms with Gasteiger partial charge in [-0.15, -0.1) is 0 Å². The number of carbonyl (C=O) groups is 1. The first-order valence-corrected chi connectivity index (χ1v) is 11.8. The summed E-state index contributed by atoms with van der Waals surface area (Å²) in [7, 11) is 1.79. The Labute approximate surface area is 185 Å². The smallest absolute Gasteiger partial charge is 0.410 e. The molecule has 3 aliphatic rings. The number of nitrogens with zero attached hydrogens (tertiary/aromatic N) is 1. The van der Waals surface area contributed by atoms with Gasteiger partial charge in [-0.05, 0) is 66.3 Å². The predicted octanol–water partition coefficient (Wildman–Crippen LogP) is 5.65. The summed E-state index contributed by atoms with van der Waals surface area (Å²) in [5.74, 6) is 1.55. The number of amides is 1. The summed E-state index contributed by atoms with van der Waals surface area (Å²) in [6.07, 6.45) is 7.72. The first-order valence-electron chi connectivity index (χ1n) is 11.8. The highest BCUT2D eigenvalue weighted by Gasteiger charge is 2.55. The topological polar surface area (TPSA) is 38.8 Å². The third-order valence-electron chi connectivity index (χ3n) is 8.05. The highest BCUT2D eigenvalue weighted by Crippen LogP contribution is 2.56. The molecule has 0 spiro atoms. The number of carbonyl (C=O) groups excluding carboxylic acids is 1. The van der Waals surface area contributed by atoms with E-state index < -0.39 is 0 Å². The zero-order valence-electron chi connectivity index (χ0n) is 18.7. The zero-order valence-corrected chi connectivity index (χ0v) is 18.7. The molecule has 0 radical (unpaired) electrons. The summed E-state index contributed by atoms with van der Waals surface area (Å²) in [5, 5.41) is 0. The monoisotopic (exact) mass is 419 g/mol. The minimum absolute atomic E-state index is 0.152. The molecule has 0 N–H and O–H groups in total. The molecule has 2 aromatic carbocycles. The fourth-order valence-corrected chi connectivity index (χ4v) is 6.59. The Bertz CT molecular complexity index is 956. The SMILES string of the molecule is CCc1cc2c(cc1OC)[C@]13CCCCC1[C@H](C2)N(C(=O)OCc1ccccc1)CC3. The number of fused-ring (bicyclic) bond motifs is 1. The van der Waals surface area contributed by atoms with E-state index in [2.05, 4.69) is 24.0 Å². The molecule has 4 nitrogen and oxygen atoms in total. The van der Waals surface area contributed by atoms with Crippen molar-refractivity contribution in [3.05, 3.63) is 64.7 Å². The van der Waals surface area contributed by atoms with Crippen LogP contribution < -0.4 is 4.74 Å². The minimum Gasteiger partial charge on any atom is -0.496 e. The van der Waals surface area contributed by atoms with Crippen molar-refractivity contribution in [2.45, 2.75) is 69.9 Å². The van der Waals surface area contributed by atoms with Gasteiger partial charge >= 0.3 is 6.09 Å². The molecule has 2 fully saturated rings. The van der Waals surface area contributed by atoms with Gasteiger partial charge in [-0.1, -0.05) is 56.2 Å². The Morgan fingerprint density at radius 1 is 1.16 bits per heavy atom. The summed E-state index contributed by atoms with van der Waals surface area (Å²) in [6, 6.07) is 14.9. The fourth-order valence-electron chi connectivity index (χ4n) is 6.59. The molecule has 1 heterocycles. The van der Waals surface area contributed by atoms with Crippen molar-refractivity contribution >= 4 is 6.09 Å². The third kappa shape index (κ3) is 3.40. The highest BCUT2D eigenvalue weighted by molar-refractivity contribution is 5.69. The third-order valence-corrected chi connectivity index (χ3v) is 8.05. The van der Waals surface area contributed by atoms with E-state index in [-0.39, 0.29) is 17.6 Å². The second kappa shape index (κ2) is 8.22. The van der Waals surface area contributed by atoms with Gasteiger partial charge in [-0.2, -0.15) is 0 Å². The largest absolute Gasteiger partial charge is 0.496 e. The maximum absolute atomic E-state index is 13.2. The van der Waals surface area contributed by atoms with Gasteiger partial charge in [0, 0.05) is 18.0 Å². The molecule has 4 heteroatoms. The summed E-state index contributed by atoms with van der Waals surface area (Å²) in [5.41, 5.74) is 5.41. The van der Waals surface area contributed by atoms with Gasteiger partial charge in [0.15, 0.2) is 0 Å². The Morgan fingerprint density at radius 3 is 2.77 bits per heavy atom. The van der Waals surface area contributed by atoms with E-state index in [0.29, 0.717) is 12.5 Å². The minimum atomic E-state index is -0.152. The lowest BCUT2D eigenvalue weighted by molar-refractivity contribution is -0.0137. The van der Waals surface area contributed by atoms with Crippen molar-refractivity contribution < 1.29 is 14.3 Å². The van der Waals surface area contributed by atoms with E-state index in [1.54, 1.807) is 7.11 Å². The van der Waals surface area contributed by atoms with Crippen LogP contribution in [0.15, 0.2) is 42.5 Å². The molecular weight excluding hydrogens is 386 g/mol. The lowest BCUT2D eigenvalue weighted by Crippen LogP contribution is -2.62. The summed E-state index contributed by atoms with van der Waals surface area (Å²) >= 11 is 0. The Morgan fingerprint density at radius 2 is 2.00 bits per heavy atom. The van der Waals surface area contributed by atoms with Crippen LogP contribution in [-0.2, 0) is 29.6 Å². The van der Waals surface area contributed by atoms with E-state index >= 15 is 0 Å². The molecule has 5 rings (SSSR count). The van der Waals surface area contributed by atoms with Crippen LogP contribution in [0.5, 0.6) is 5.75 Å². The molecule has 31 heavy (non-hydrogen) atoms. The molecule has 1 amide bonds. The molecule has 0 aromatic heterocycles. The number of likely N-dealkylation sites (tertiary alicyclic amines) is 1. The lowest BCUT2D eigenvalue weighted by Gasteiger charge is -2.58. The number of hydrogen-bond donors (Lipinski definition) is 0. The first kappa shape index (κ1) is 20.4. The van der Waals surface area contributed by atoms with Gasteiger partial charge in [0.25, 0.3) is 0 Å². The molecule has 1 unspecified atom stereocenters. The molecule has 2 aromatic rings. The van der Waals surface area contributed by atoms with Gasteiger partial charge in [0.2, 0.25) is 0 Å². The molecular formula is C27H33NO3. The normalized spacial score (nSPS) is 26.6. The highest BCUT2D eigenvalue weighted by atomic mass is 16.6. The molecule has 3 atom stereocenters. The average molecular weight is 420 g/mol. The van der Waals surface area contributed by atoms with Crippen molar-refractivity contribution in [3.63, 3.8) is 0 Å². The van der Waals surface area contributed by atoms with E-state index in [1.807, 2.05) is 30.3 Å². The number of aryl methyl sites for hydroxylation is 1. The maximum atomic E-state index is 13.2. The maximum Gasteiger partial charge on any atom is 0.410 e. The van der Waals surface area contributed by atoms with Crippen molar-refractivity contribution in [1.82, 2.24) is 4.90 Å². The lowest BCUT2D eigenvalue weighted by atomic mass is 9.52. The van der Waals surface area contributed by atoms with Crippen LogP contribution >= 0.6 is 0 Å². The molecule has 1 aliphatic heterocycles. The molecule has 1 saturated carbocycles. The first-order chi connectivity index (χ1) is 15.2. The van der Waals surface area contributed by atoms with Crippen LogP contribution in [0.25, 0.3) is 0 Å². The molecule has 1 saturated heterocycles. The Balaban J connectivity index is 1.45. The molecule has 2 bridgehead atoms. The van der Waals surface area contributed by atoms with E-state index in [1.165, 1.54) is 42.4 Å². The standard InChI is InChI=1S/C27H33NO3/c1-3-20-15-21-16-24-22-11-7-8-12-27(22,23(21)17-25(20)30-2)13-14-28(24)26(29)31-18-19-9-5-4-6-10-19/h4-6,9-10,15,17,22,24H,3,7-8,11-14,16,18H2,1-2H3/t22?,24-,27-/m0/s1. The zero-order chi connectivity index (χ0) is 21.4.